The maximum absolute atomic E-state index is 9.87. The molecule has 2 aromatic carbocycles. The molecular formula is C26H42B2O6. The number of ether oxygens (including phenoxy) is 2. The zero-order chi connectivity index (χ0) is 24.8. The molecule has 0 saturated heterocycles. The lowest BCUT2D eigenvalue weighted by Crippen LogP contribution is -2.33. The van der Waals surface area contributed by atoms with Gasteiger partial charge in [-0.05, 0) is 35.7 Å². The van der Waals surface area contributed by atoms with E-state index in [1.165, 1.54) is 51.4 Å². The Morgan fingerprint density at radius 1 is 0.529 bits per heavy atom. The second-order valence-corrected chi connectivity index (χ2v) is 9.11. The van der Waals surface area contributed by atoms with Crippen molar-refractivity contribution >= 4 is 35.9 Å². The van der Waals surface area contributed by atoms with Gasteiger partial charge < -0.3 is 29.6 Å². The quantitative estimate of drug-likeness (QED) is 0.195. The number of fused-ring (bicyclic) bond motifs is 1. The van der Waals surface area contributed by atoms with Gasteiger partial charge in [-0.1, -0.05) is 90.2 Å². The number of hydrogen-bond acceptors (Lipinski definition) is 6. The van der Waals surface area contributed by atoms with Crippen LogP contribution in [0.1, 0.15) is 90.9 Å². The number of benzene rings is 2. The van der Waals surface area contributed by atoms with Crippen molar-refractivity contribution < 1.29 is 29.6 Å². The summed E-state index contributed by atoms with van der Waals surface area (Å²) >= 11 is 0. The summed E-state index contributed by atoms with van der Waals surface area (Å²) in [6.45, 7) is 5.40. The van der Waals surface area contributed by atoms with Crippen LogP contribution in [-0.4, -0.2) is 47.5 Å². The molecule has 2 aromatic rings. The Kier molecular flexibility index (Phi) is 13.4. The second-order valence-electron chi connectivity index (χ2n) is 9.11. The van der Waals surface area contributed by atoms with Crippen molar-refractivity contribution in [3.63, 3.8) is 0 Å². The molecule has 188 valence electrons. The molecule has 0 spiro atoms. The SMILES string of the molecule is CCCCCCCCOc1cc2cc(OCCCCCCCC)c(B(O)O)cc2cc1B(O)O. The Morgan fingerprint density at radius 2 is 0.882 bits per heavy atom. The van der Waals surface area contributed by atoms with E-state index in [9.17, 15) is 20.1 Å². The van der Waals surface area contributed by atoms with Crippen LogP contribution in [0.5, 0.6) is 11.5 Å². The van der Waals surface area contributed by atoms with Crippen LogP contribution in [0.2, 0.25) is 0 Å². The molecule has 0 atom stereocenters. The minimum absolute atomic E-state index is 0.262. The molecule has 0 aromatic heterocycles. The first kappa shape index (κ1) is 28.5. The van der Waals surface area contributed by atoms with Crippen molar-refractivity contribution in [2.24, 2.45) is 0 Å². The zero-order valence-corrected chi connectivity index (χ0v) is 21.0. The molecule has 0 aliphatic carbocycles. The maximum atomic E-state index is 9.87. The van der Waals surface area contributed by atoms with Crippen molar-refractivity contribution in [1.29, 1.82) is 0 Å². The summed E-state index contributed by atoms with van der Waals surface area (Å²) in [4.78, 5) is 0. The normalized spacial score (nSPS) is 11.1. The Morgan fingerprint density at radius 3 is 1.26 bits per heavy atom. The van der Waals surface area contributed by atoms with E-state index in [-0.39, 0.29) is 10.9 Å². The van der Waals surface area contributed by atoms with Gasteiger partial charge in [0, 0.05) is 10.9 Å². The fraction of sp³-hybridized carbons (Fsp3) is 0.615. The van der Waals surface area contributed by atoms with E-state index >= 15 is 0 Å². The molecule has 8 heteroatoms. The fourth-order valence-corrected chi connectivity index (χ4v) is 4.13. The molecule has 34 heavy (non-hydrogen) atoms. The maximum Gasteiger partial charge on any atom is 0.492 e. The van der Waals surface area contributed by atoms with Gasteiger partial charge in [0.2, 0.25) is 0 Å². The van der Waals surface area contributed by atoms with Crippen molar-refractivity contribution in [3.8, 4) is 11.5 Å². The van der Waals surface area contributed by atoms with E-state index < -0.39 is 14.2 Å². The largest absolute Gasteiger partial charge is 0.494 e. The summed E-state index contributed by atoms with van der Waals surface area (Å²) in [7, 11) is -3.37. The third-order valence-corrected chi connectivity index (χ3v) is 6.16. The smallest absolute Gasteiger partial charge is 0.492 e. The van der Waals surface area contributed by atoms with Gasteiger partial charge in [-0.15, -0.1) is 0 Å². The summed E-state index contributed by atoms with van der Waals surface area (Å²) in [5.74, 6) is 0.852. The molecule has 0 radical (unpaired) electrons. The van der Waals surface area contributed by atoms with Crippen molar-refractivity contribution in [1.82, 2.24) is 0 Å². The predicted molar refractivity (Wildman–Crippen MR) is 141 cm³/mol. The van der Waals surface area contributed by atoms with Gasteiger partial charge in [-0.3, -0.25) is 0 Å². The van der Waals surface area contributed by atoms with Gasteiger partial charge in [0.15, 0.2) is 0 Å². The topological polar surface area (TPSA) is 99.4 Å². The average molecular weight is 472 g/mol. The van der Waals surface area contributed by atoms with E-state index in [1.807, 2.05) is 0 Å². The molecule has 0 aliphatic heterocycles. The van der Waals surface area contributed by atoms with Crippen molar-refractivity contribution in [2.45, 2.75) is 90.9 Å². The van der Waals surface area contributed by atoms with Crippen LogP contribution >= 0.6 is 0 Å². The standard InChI is InChI=1S/C26H42B2O6/c1-3-5-7-9-11-13-15-33-25-19-22-20-26(34-16-14-12-10-8-6-4-2)24(28(31)32)18-21(22)17-23(25)27(29)30/h17-20,29-32H,3-16H2,1-2H3. The van der Waals surface area contributed by atoms with E-state index in [0.717, 1.165) is 31.1 Å². The van der Waals surface area contributed by atoms with Crippen LogP contribution in [0.25, 0.3) is 10.8 Å². The summed E-state index contributed by atoms with van der Waals surface area (Å²) in [5, 5.41) is 40.9. The lowest BCUT2D eigenvalue weighted by atomic mass is 9.75. The van der Waals surface area contributed by atoms with Crippen molar-refractivity contribution in [3.05, 3.63) is 24.3 Å². The van der Waals surface area contributed by atoms with E-state index in [4.69, 9.17) is 9.47 Å². The Hall–Kier alpha value is -1.73. The highest BCUT2D eigenvalue weighted by atomic mass is 16.5. The minimum atomic E-state index is -1.69. The molecule has 6 nitrogen and oxygen atoms in total. The molecule has 0 saturated carbocycles. The molecule has 0 fully saturated rings. The van der Waals surface area contributed by atoms with E-state index in [2.05, 4.69) is 13.8 Å². The summed E-state index contributed by atoms with van der Waals surface area (Å²) in [5.41, 5.74) is 0.523. The fourth-order valence-electron chi connectivity index (χ4n) is 4.13. The van der Waals surface area contributed by atoms with Crippen molar-refractivity contribution in [2.75, 3.05) is 13.2 Å². The highest BCUT2D eigenvalue weighted by Crippen LogP contribution is 2.24. The number of rotatable bonds is 18. The number of unbranched alkanes of at least 4 members (excludes halogenated alkanes) is 10. The highest BCUT2D eigenvalue weighted by molar-refractivity contribution is 6.61. The van der Waals surface area contributed by atoms with Crippen LogP contribution < -0.4 is 20.4 Å². The molecule has 0 bridgehead atoms. The van der Waals surface area contributed by atoms with Gasteiger partial charge in [0.1, 0.15) is 11.5 Å². The van der Waals surface area contributed by atoms with Gasteiger partial charge in [-0.2, -0.15) is 0 Å². The summed E-state index contributed by atoms with van der Waals surface area (Å²) in [6.07, 6.45) is 13.7. The van der Waals surface area contributed by atoms with Gasteiger partial charge >= 0.3 is 14.2 Å². The highest BCUT2D eigenvalue weighted by Gasteiger charge is 2.22. The van der Waals surface area contributed by atoms with E-state index in [1.54, 1.807) is 24.3 Å². The first-order valence-electron chi connectivity index (χ1n) is 13.1. The first-order valence-corrected chi connectivity index (χ1v) is 13.1. The predicted octanol–water partition coefficient (Wildman–Crippen LogP) is 3.68. The third kappa shape index (κ3) is 9.49. The Labute approximate surface area is 205 Å². The molecule has 2 rings (SSSR count). The molecule has 0 unspecified atom stereocenters. The second kappa shape index (κ2) is 16.0. The van der Waals surface area contributed by atoms with Gasteiger partial charge in [0.05, 0.1) is 13.2 Å². The first-order chi connectivity index (χ1) is 16.5. The monoisotopic (exact) mass is 472 g/mol. The molecule has 0 amide bonds. The molecule has 0 heterocycles. The molecular weight excluding hydrogens is 430 g/mol. The third-order valence-electron chi connectivity index (χ3n) is 6.16. The van der Waals surface area contributed by atoms with E-state index in [0.29, 0.717) is 30.1 Å². The van der Waals surface area contributed by atoms with Gasteiger partial charge in [-0.25, -0.2) is 0 Å². The van der Waals surface area contributed by atoms with Crippen LogP contribution in [-0.2, 0) is 0 Å². The van der Waals surface area contributed by atoms with Crippen LogP contribution in [0.4, 0.5) is 0 Å². The van der Waals surface area contributed by atoms with Crippen LogP contribution in [0.3, 0.4) is 0 Å². The lowest BCUT2D eigenvalue weighted by Gasteiger charge is -2.16. The van der Waals surface area contributed by atoms with Crippen LogP contribution in [0.15, 0.2) is 24.3 Å². The van der Waals surface area contributed by atoms with Gasteiger partial charge in [0.25, 0.3) is 0 Å². The summed E-state index contributed by atoms with van der Waals surface area (Å²) in [6, 6.07) is 6.79. The molecule has 0 aliphatic rings. The number of hydrogen-bond donors (Lipinski definition) is 4. The minimum Gasteiger partial charge on any atom is -0.494 e. The van der Waals surface area contributed by atoms with Crippen LogP contribution in [0, 0.1) is 0 Å². The Bertz CT molecular complexity index is 779. The zero-order valence-electron chi connectivity index (χ0n) is 21.0. The lowest BCUT2D eigenvalue weighted by molar-refractivity contribution is 0.304. The molecule has 4 N–H and O–H groups in total. The Balaban J connectivity index is 2.10. The summed E-state index contributed by atoms with van der Waals surface area (Å²) < 4.78 is 11.8. The average Bonchev–Trinajstić information content (AvgIpc) is 2.81.